The molecule has 0 spiro atoms. The zero-order valence-corrected chi connectivity index (χ0v) is 10.9. The maximum atomic E-state index is 11.7. The molecule has 106 valence electrons. The number of piperazine rings is 1. The summed E-state index contributed by atoms with van der Waals surface area (Å²) in [6, 6.07) is -1.03. The molecule has 2 N–H and O–H groups in total. The van der Waals surface area contributed by atoms with Crippen LogP contribution in [-0.4, -0.2) is 70.8 Å². The van der Waals surface area contributed by atoms with Crippen molar-refractivity contribution in [3.8, 4) is 0 Å². The Bertz CT molecular complexity index is 409. The second-order valence-corrected chi connectivity index (χ2v) is 4.24. The first-order valence-corrected chi connectivity index (χ1v) is 5.97. The predicted octanol–water partition coefficient (Wildman–Crippen LogP) is -1.73. The number of likely N-dealkylation sites (N-methyl/N-ethyl adjacent to an activating group) is 1. The molecule has 1 rings (SSSR count). The monoisotopic (exact) mass is 271 g/mol. The number of rotatable bonds is 5. The summed E-state index contributed by atoms with van der Waals surface area (Å²) in [4.78, 5) is 47.9. The van der Waals surface area contributed by atoms with Gasteiger partial charge in [-0.1, -0.05) is 0 Å². The maximum Gasteiger partial charge on any atom is 0.325 e. The van der Waals surface area contributed by atoms with Crippen molar-refractivity contribution >= 4 is 23.7 Å². The number of nitrogens with one attached hydrogen (secondary N) is 1. The third kappa shape index (κ3) is 3.67. The average Bonchev–Trinajstić information content (AvgIpc) is 2.35. The Morgan fingerprint density at radius 1 is 1.26 bits per heavy atom. The normalized spacial score (nSPS) is 17.4. The number of hydrogen-bond acceptors (Lipinski definition) is 4. The Morgan fingerprint density at radius 2 is 1.79 bits per heavy atom. The molecule has 1 aliphatic rings. The zero-order chi connectivity index (χ0) is 14.6. The summed E-state index contributed by atoms with van der Waals surface area (Å²) in [5, 5.41) is 10.9. The van der Waals surface area contributed by atoms with Crippen LogP contribution in [-0.2, 0) is 19.2 Å². The van der Waals surface area contributed by atoms with Crippen molar-refractivity contribution in [2.24, 2.45) is 0 Å². The Hall–Kier alpha value is -2.12. The van der Waals surface area contributed by atoms with E-state index in [9.17, 15) is 19.2 Å². The van der Waals surface area contributed by atoms with Crippen LogP contribution in [0.25, 0.3) is 0 Å². The topological polar surface area (TPSA) is 107 Å². The lowest BCUT2D eigenvalue weighted by Crippen LogP contribution is -2.56. The van der Waals surface area contributed by atoms with Crippen LogP contribution in [0, 0.1) is 0 Å². The van der Waals surface area contributed by atoms with E-state index in [-0.39, 0.29) is 13.1 Å². The highest BCUT2D eigenvalue weighted by molar-refractivity contribution is 6.35. The fraction of sp³-hybridized carbons (Fsp3) is 0.636. The van der Waals surface area contributed by atoms with Gasteiger partial charge in [-0.2, -0.15) is 0 Å². The molecule has 0 aromatic rings. The van der Waals surface area contributed by atoms with Crippen molar-refractivity contribution in [2.75, 3.05) is 26.2 Å². The van der Waals surface area contributed by atoms with Crippen LogP contribution in [0.1, 0.15) is 13.8 Å². The van der Waals surface area contributed by atoms with Crippen LogP contribution in [0.5, 0.6) is 0 Å². The highest BCUT2D eigenvalue weighted by atomic mass is 16.4. The summed E-state index contributed by atoms with van der Waals surface area (Å²) in [6.07, 6.45) is 0. The van der Waals surface area contributed by atoms with Crippen molar-refractivity contribution in [3.05, 3.63) is 0 Å². The molecule has 0 aromatic carbocycles. The first kappa shape index (κ1) is 14.9. The molecule has 1 saturated heterocycles. The van der Waals surface area contributed by atoms with E-state index < -0.39 is 29.7 Å². The van der Waals surface area contributed by atoms with Gasteiger partial charge in [-0.25, -0.2) is 0 Å². The standard InChI is InChI=1S/C11H17N3O5/c1-3-13-4-5-14(10(17)9(13)16)6-8(15)12-7(2)11(18)19/h7H,3-6H2,1-2H3,(H,12,15)(H,18,19). The van der Waals surface area contributed by atoms with E-state index in [0.29, 0.717) is 13.1 Å². The summed E-state index contributed by atoms with van der Waals surface area (Å²) in [5.74, 6) is -3.12. The van der Waals surface area contributed by atoms with E-state index >= 15 is 0 Å². The number of carbonyl (C=O) groups is 4. The van der Waals surface area contributed by atoms with Gasteiger partial charge >= 0.3 is 17.8 Å². The van der Waals surface area contributed by atoms with Gasteiger partial charge in [0.15, 0.2) is 0 Å². The lowest BCUT2D eigenvalue weighted by atomic mass is 10.2. The lowest BCUT2D eigenvalue weighted by Gasteiger charge is -2.32. The zero-order valence-electron chi connectivity index (χ0n) is 10.9. The number of hydrogen-bond donors (Lipinski definition) is 2. The molecule has 8 heteroatoms. The maximum absolute atomic E-state index is 11.7. The van der Waals surface area contributed by atoms with E-state index in [0.717, 1.165) is 4.90 Å². The van der Waals surface area contributed by atoms with Crippen LogP contribution in [0.3, 0.4) is 0 Å². The van der Waals surface area contributed by atoms with Gasteiger partial charge in [-0.15, -0.1) is 0 Å². The smallest absolute Gasteiger partial charge is 0.325 e. The fourth-order valence-electron chi connectivity index (χ4n) is 1.69. The van der Waals surface area contributed by atoms with Gasteiger partial charge in [-0.05, 0) is 13.8 Å². The largest absolute Gasteiger partial charge is 0.480 e. The highest BCUT2D eigenvalue weighted by Crippen LogP contribution is 2.04. The van der Waals surface area contributed by atoms with Gasteiger partial charge in [0.25, 0.3) is 0 Å². The van der Waals surface area contributed by atoms with E-state index in [2.05, 4.69) is 5.32 Å². The Balaban J connectivity index is 2.54. The van der Waals surface area contributed by atoms with Crippen LogP contribution in [0.15, 0.2) is 0 Å². The highest BCUT2D eigenvalue weighted by Gasteiger charge is 2.32. The molecule has 19 heavy (non-hydrogen) atoms. The van der Waals surface area contributed by atoms with Crippen LogP contribution in [0.4, 0.5) is 0 Å². The second-order valence-electron chi connectivity index (χ2n) is 4.24. The minimum Gasteiger partial charge on any atom is -0.480 e. The molecular formula is C11H17N3O5. The Kier molecular flexibility index (Phi) is 4.85. The molecule has 0 radical (unpaired) electrons. The molecule has 1 heterocycles. The average molecular weight is 271 g/mol. The third-order valence-corrected chi connectivity index (χ3v) is 2.86. The summed E-state index contributed by atoms with van der Waals surface area (Å²) >= 11 is 0. The van der Waals surface area contributed by atoms with Crippen molar-refractivity contribution in [3.63, 3.8) is 0 Å². The molecule has 8 nitrogen and oxygen atoms in total. The minimum atomic E-state index is -1.16. The summed E-state index contributed by atoms with van der Waals surface area (Å²) in [5.41, 5.74) is 0. The van der Waals surface area contributed by atoms with E-state index in [1.54, 1.807) is 6.92 Å². The molecular weight excluding hydrogens is 254 g/mol. The van der Waals surface area contributed by atoms with Crippen molar-refractivity contribution in [1.82, 2.24) is 15.1 Å². The van der Waals surface area contributed by atoms with Gasteiger partial charge in [-0.3, -0.25) is 19.2 Å². The Labute approximate surface area is 110 Å². The molecule has 0 bridgehead atoms. The van der Waals surface area contributed by atoms with Crippen LogP contribution in [0.2, 0.25) is 0 Å². The van der Waals surface area contributed by atoms with E-state index in [1.807, 2.05) is 0 Å². The molecule has 1 atom stereocenters. The fourth-order valence-corrected chi connectivity index (χ4v) is 1.69. The third-order valence-electron chi connectivity index (χ3n) is 2.86. The SMILES string of the molecule is CCN1CCN(CC(=O)NC(C)C(=O)O)C(=O)C1=O. The van der Waals surface area contributed by atoms with Crippen molar-refractivity contribution in [2.45, 2.75) is 19.9 Å². The minimum absolute atomic E-state index is 0.271. The molecule has 1 aliphatic heterocycles. The molecule has 1 unspecified atom stereocenters. The van der Waals surface area contributed by atoms with Crippen molar-refractivity contribution < 1.29 is 24.3 Å². The summed E-state index contributed by atoms with van der Waals surface area (Å²) in [7, 11) is 0. The first-order valence-electron chi connectivity index (χ1n) is 5.97. The molecule has 0 aliphatic carbocycles. The van der Waals surface area contributed by atoms with Gasteiger partial charge < -0.3 is 20.2 Å². The van der Waals surface area contributed by atoms with Crippen LogP contribution >= 0.6 is 0 Å². The summed E-state index contributed by atoms with van der Waals surface area (Å²) < 4.78 is 0. The van der Waals surface area contributed by atoms with Gasteiger partial charge in [0.05, 0.1) is 0 Å². The number of amides is 3. The van der Waals surface area contributed by atoms with E-state index in [1.165, 1.54) is 11.8 Å². The lowest BCUT2D eigenvalue weighted by molar-refractivity contribution is -0.156. The quantitative estimate of drug-likeness (QED) is 0.578. The van der Waals surface area contributed by atoms with E-state index in [4.69, 9.17) is 5.11 Å². The number of carboxylic acids is 1. The second kappa shape index (κ2) is 6.17. The molecule has 1 fully saturated rings. The van der Waals surface area contributed by atoms with Gasteiger partial charge in [0, 0.05) is 19.6 Å². The Morgan fingerprint density at radius 3 is 2.32 bits per heavy atom. The number of aliphatic carboxylic acids is 1. The summed E-state index contributed by atoms with van der Waals surface area (Å²) in [6.45, 7) is 3.88. The first-order chi connectivity index (χ1) is 8.86. The van der Waals surface area contributed by atoms with Crippen LogP contribution < -0.4 is 5.32 Å². The van der Waals surface area contributed by atoms with Crippen molar-refractivity contribution in [1.29, 1.82) is 0 Å². The number of nitrogens with zero attached hydrogens (tertiary/aromatic N) is 2. The number of carbonyl (C=O) groups excluding carboxylic acids is 3. The molecule has 3 amide bonds. The van der Waals surface area contributed by atoms with Gasteiger partial charge in [0.2, 0.25) is 5.91 Å². The van der Waals surface area contributed by atoms with Gasteiger partial charge in [0.1, 0.15) is 12.6 Å². The number of carboxylic acid groups (broad SMARTS) is 1. The molecule has 0 aromatic heterocycles. The molecule has 0 saturated carbocycles. The predicted molar refractivity (Wildman–Crippen MR) is 64.1 cm³/mol.